The first-order valence-corrected chi connectivity index (χ1v) is 10.0. The second-order valence-corrected chi connectivity index (χ2v) is 7.91. The zero-order chi connectivity index (χ0) is 21.1. The Hall–Kier alpha value is -2.67. The number of carbonyl (C=O) groups excluding carboxylic acids is 3. The average Bonchev–Trinajstić information content (AvgIpc) is 3.04. The number of allylic oxidation sites excluding steroid dienone is 1. The van der Waals surface area contributed by atoms with Crippen molar-refractivity contribution in [3.8, 4) is 0 Å². The maximum Gasteiger partial charge on any atom is 0.243 e. The van der Waals surface area contributed by atoms with Gasteiger partial charge < -0.3 is 20.6 Å². The van der Waals surface area contributed by atoms with Crippen molar-refractivity contribution in [1.29, 1.82) is 0 Å². The lowest BCUT2D eigenvalue weighted by Crippen LogP contribution is -2.51. The van der Waals surface area contributed by atoms with Gasteiger partial charge in [0.2, 0.25) is 17.7 Å². The van der Waals surface area contributed by atoms with Crippen LogP contribution in [0.1, 0.15) is 19.4 Å². The van der Waals surface area contributed by atoms with Crippen LogP contribution in [0.5, 0.6) is 0 Å². The van der Waals surface area contributed by atoms with Crippen LogP contribution in [0.2, 0.25) is 0 Å². The molecule has 3 amide bonds. The number of nitrogens with one attached hydrogen (secondary N) is 2. The van der Waals surface area contributed by atoms with Crippen LogP contribution in [-0.4, -0.2) is 53.5 Å². The lowest BCUT2D eigenvalue weighted by atomic mass is 9.70. The topological polar surface area (TPSA) is 98.7 Å². The minimum absolute atomic E-state index is 0.113. The standard InChI is InChI=1S/C22H29N3O4/c1-13-9-10-16-18(17(13)20(27)23-3)22(29)25(14(2)12-26)19(16)21(28)24-11-15-7-5-4-6-8-15/h4-10,13-14,16-19,26H,11-12H2,1-3H3,(H,23,27)(H,24,28)/t13-,14-,16+,17-,18+,19+/m1/s1. The number of nitrogens with zero attached hydrogens (tertiary/aromatic N) is 1. The molecule has 1 aliphatic heterocycles. The third-order valence-electron chi connectivity index (χ3n) is 6.08. The van der Waals surface area contributed by atoms with Gasteiger partial charge in [-0.25, -0.2) is 0 Å². The lowest BCUT2D eigenvalue weighted by Gasteiger charge is -2.32. The molecule has 0 bridgehead atoms. The Balaban J connectivity index is 1.90. The van der Waals surface area contributed by atoms with Gasteiger partial charge in [0.15, 0.2) is 0 Å². The van der Waals surface area contributed by atoms with Crippen molar-refractivity contribution < 1.29 is 19.5 Å². The average molecular weight is 399 g/mol. The molecule has 0 unspecified atom stereocenters. The summed E-state index contributed by atoms with van der Waals surface area (Å²) in [7, 11) is 1.56. The van der Waals surface area contributed by atoms with E-state index in [9.17, 15) is 19.5 Å². The van der Waals surface area contributed by atoms with Crippen molar-refractivity contribution in [2.45, 2.75) is 32.5 Å². The summed E-state index contributed by atoms with van der Waals surface area (Å²) in [6.07, 6.45) is 3.81. The van der Waals surface area contributed by atoms with Gasteiger partial charge in [-0.3, -0.25) is 14.4 Å². The number of benzene rings is 1. The molecule has 7 heteroatoms. The van der Waals surface area contributed by atoms with Crippen LogP contribution >= 0.6 is 0 Å². The van der Waals surface area contributed by atoms with Gasteiger partial charge >= 0.3 is 0 Å². The Morgan fingerprint density at radius 2 is 1.86 bits per heavy atom. The molecule has 0 saturated carbocycles. The Bertz CT molecular complexity index is 795. The third kappa shape index (κ3) is 3.92. The molecular formula is C22H29N3O4. The highest BCUT2D eigenvalue weighted by Crippen LogP contribution is 2.44. The van der Waals surface area contributed by atoms with Gasteiger partial charge in [-0.2, -0.15) is 0 Å². The summed E-state index contributed by atoms with van der Waals surface area (Å²) in [4.78, 5) is 40.5. The summed E-state index contributed by atoms with van der Waals surface area (Å²) in [6, 6.07) is 8.26. The highest BCUT2D eigenvalue weighted by Gasteiger charge is 2.57. The zero-order valence-electron chi connectivity index (χ0n) is 17.0. The molecule has 1 aliphatic carbocycles. The van der Waals surface area contributed by atoms with Crippen molar-refractivity contribution in [2.75, 3.05) is 13.7 Å². The van der Waals surface area contributed by atoms with Crippen LogP contribution in [0.3, 0.4) is 0 Å². The van der Waals surface area contributed by atoms with E-state index in [4.69, 9.17) is 0 Å². The molecule has 29 heavy (non-hydrogen) atoms. The molecule has 1 heterocycles. The molecule has 1 aromatic carbocycles. The van der Waals surface area contributed by atoms with Gasteiger partial charge in [-0.05, 0) is 18.4 Å². The number of amides is 3. The lowest BCUT2D eigenvalue weighted by molar-refractivity contribution is -0.142. The molecule has 3 N–H and O–H groups in total. The first-order chi connectivity index (χ1) is 13.9. The minimum atomic E-state index is -0.755. The maximum atomic E-state index is 13.3. The van der Waals surface area contributed by atoms with Crippen molar-refractivity contribution in [2.24, 2.45) is 23.7 Å². The largest absolute Gasteiger partial charge is 0.394 e. The molecule has 3 rings (SSSR count). The van der Waals surface area contributed by atoms with Crippen molar-refractivity contribution in [1.82, 2.24) is 15.5 Å². The molecule has 0 aromatic heterocycles. The van der Waals surface area contributed by atoms with Gasteiger partial charge in [-0.1, -0.05) is 49.4 Å². The zero-order valence-corrected chi connectivity index (χ0v) is 17.0. The summed E-state index contributed by atoms with van der Waals surface area (Å²) in [5.41, 5.74) is 0.958. The molecule has 1 fully saturated rings. The van der Waals surface area contributed by atoms with Gasteiger partial charge in [0.05, 0.1) is 24.5 Å². The molecule has 2 aliphatic rings. The quantitative estimate of drug-likeness (QED) is 0.613. The van der Waals surface area contributed by atoms with E-state index in [2.05, 4.69) is 10.6 Å². The normalized spacial score (nSPS) is 29.3. The summed E-state index contributed by atoms with van der Waals surface area (Å²) < 4.78 is 0. The number of hydrogen-bond acceptors (Lipinski definition) is 4. The van der Waals surface area contributed by atoms with Crippen molar-refractivity contribution >= 4 is 17.7 Å². The number of aliphatic hydroxyl groups excluding tert-OH is 1. The predicted molar refractivity (Wildman–Crippen MR) is 108 cm³/mol. The molecular weight excluding hydrogens is 370 g/mol. The first-order valence-electron chi connectivity index (χ1n) is 10.0. The summed E-state index contributed by atoms with van der Waals surface area (Å²) in [5, 5.41) is 15.3. The Morgan fingerprint density at radius 3 is 2.48 bits per heavy atom. The monoisotopic (exact) mass is 399 g/mol. The fourth-order valence-corrected chi connectivity index (χ4v) is 4.56. The van der Waals surface area contributed by atoms with E-state index in [1.54, 1.807) is 14.0 Å². The van der Waals surface area contributed by atoms with E-state index < -0.39 is 29.8 Å². The fourth-order valence-electron chi connectivity index (χ4n) is 4.56. The highest BCUT2D eigenvalue weighted by atomic mass is 16.3. The second kappa shape index (κ2) is 8.78. The molecule has 6 atom stereocenters. The van der Waals surface area contributed by atoms with E-state index in [-0.39, 0.29) is 30.2 Å². The van der Waals surface area contributed by atoms with Crippen LogP contribution in [0, 0.1) is 23.7 Å². The van der Waals surface area contributed by atoms with Crippen LogP contribution in [0.15, 0.2) is 42.5 Å². The Labute approximate surface area is 171 Å². The smallest absolute Gasteiger partial charge is 0.243 e. The molecule has 156 valence electrons. The molecule has 7 nitrogen and oxygen atoms in total. The van der Waals surface area contributed by atoms with Gasteiger partial charge in [0.25, 0.3) is 0 Å². The third-order valence-corrected chi connectivity index (χ3v) is 6.08. The van der Waals surface area contributed by atoms with Crippen LogP contribution < -0.4 is 10.6 Å². The summed E-state index contributed by atoms with van der Waals surface area (Å²) in [5.74, 6) is -2.40. The summed E-state index contributed by atoms with van der Waals surface area (Å²) >= 11 is 0. The van der Waals surface area contributed by atoms with E-state index in [1.165, 1.54) is 4.90 Å². The van der Waals surface area contributed by atoms with Crippen LogP contribution in [0.4, 0.5) is 0 Å². The van der Waals surface area contributed by atoms with Gasteiger partial charge in [0, 0.05) is 19.5 Å². The number of aliphatic hydroxyl groups is 1. The molecule has 1 saturated heterocycles. The second-order valence-electron chi connectivity index (χ2n) is 7.91. The van der Waals surface area contributed by atoms with Gasteiger partial charge in [-0.15, -0.1) is 0 Å². The predicted octanol–water partition coefficient (Wildman–Crippen LogP) is 0.695. The number of fused-ring (bicyclic) bond motifs is 1. The van der Waals surface area contributed by atoms with Crippen LogP contribution in [0.25, 0.3) is 0 Å². The van der Waals surface area contributed by atoms with E-state index in [1.807, 2.05) is 49.4 Å². The number of rotatable bonds is 6. The first kappa shape index (κ1) is 21.0. The van der Waals surface area contributed by atoms with E-state index in [0.717, 1.165) is 5.56 Å². The van der Waals surface area contributed by atoms with Gasteiger partial charge in [0.1, 0.15) is 6.04 Å². The highest BCUT2D eigenvalue weighted by molar-refractivity contribution is 5.96. The van der Waals surface area contributed by atoms with Crippen molar-refractivity contribution in [3.05, 3.63) is 48.0 Å². The Kier molecular flexibility index (Phi) is 6.37. The SMILES string of the molecule is CNC(=O)[C@H]1[C@H]2C(=O)N([C@H](C)CO)[C@H](C(=O)NCc3ccccc3)[C@H]2C=C[C@H]1C. The maximum absolute atomic E-state index is 13.3. The van der Waals surface area contributed by atoms with E-state index >= 15 is 0 Å². The number of likely N-dealkylation sites (tertiary alicyclic amines) is 1. The molecule has 1 aromatic rings. The summed E-state index contributed by atoms with van der Waals surface area (Å²) in [6.45, 7) is 3.72. The molecule has 0 spiro atoms. The number of hydrogen-bond donors (Lipinski definition) is 3. The van der Waals surface area contributed by atoms with E-state index in [0.29, 0.717) is 6.54 Å². The fraction of sp³-hybridized carbons (Fsp3) is 0.500. The van der Waals surface area contributed by atoms with Crippen molar-refractivity contribution in [3.63, 3.8) is 0 Å². The molecule has 0 radical (unpaired) electrons. The Morgan fingerprint density at radius 1 is 1.17 bits per heavy atom. The van der Waals surface area contributed by atoms with Crippen LogP contribution in [-0.2, 0) is 20.9 Å². The number of carbonyl (C=O) groups is 3. The minimum Gasteiger partial charge on any atom is -0.394 e.